The number of allylic oxidation sites excluding steroid dienone is 1. The summed E-state index contributed by atoms with van der Waals surface area (Å²) in [4.78, 5) is 11.4. The molecule has 0 aromatic carbocycles. The second-order valence-corrected chi connectivity index (χ2v) is 11.3. The van der Waals surface area contributed by atoms with Crippen LogP contribution < -0.4 is 5.32 Å². The van der Waals surface area contributed by atoms with Gasteiger partial charge in [0.1, 0.15) is 6.10 Å². The molecular weight excluding hydrogens is 358 g/mol. The van der Waals surface area contributed by atoms with E-state index in [1.807, 2.05) is 0 Å². The molecule has 0 saturated heterocycles. The third kappa shape index (κ3) is 3.60. The van der Waals surface area contributed by atoms with Crippen molar-refractivity contribution in [2.75, 3.05) is 13.6 Å². The number of esters is 1. The third-order valence-electron chi connectivity index (χ3n) is 10.0. The van der Waals surface area contributed by atoms with E-state index in [1.54, 1.807) is 12.5 Å². The quantitative estimate of drug-likeness (QED) is 0.471. The lowest BCUT2D eigenvalue weighted by molar-refractivity contribution is -0.148. The van der Waals surface area contributed by atoms with Gasteiger partial charge in [-0.25, -0.2) is 0 Å². The Morgan fingerprint density at radius 2 is 2.00 bits per heavy atom. The Morgan fingerprint density at radius 3 is 2.72 bits per heavy atom. The molecule has 164 valence electrons. The zero-order chi connectivity index (χ0) is 20.8. The minimum absolute atomic E-state index is 0.112. The number of fused-ring (bicyclic) bond motifs is 5. The highest BCUT2D eigenvalue weighted by atomic mass is 16.5. The Hall–Kier alpha value is -0.830. The average molecular weight is 402 g/mol. The number of hydrogen-bond acceptors (Lipinski definition) is 3. The molecule has 0 unspecified atom stereocenters. The van der Waals surface area contributed by atoms with Gasteiger partial charge in [-0.15, -0.1) is 0 Å². The van der Waals surface area contributed by atoms with E-state index in [-0.39, 0.29) is 12.1 Å². The van der Waals surface area contributed by atoms with Gasteiger partial charge in [-0.3, -0.25) is 4.79 Å². The highest BCUT2D eigenvalue weighted by molar-refractivity contribution is 5.66. The molecule has 0 aromatic rings. The first-order valence-corrected chi connectivity index (χ1v) is 12.3. The van der Waals surface area contributed by atoms with Gasteiger partial charge in [0.25, 0.3) is 0 Å². The molecule has 8 atom stereocenters. The first-order valence-electron chi connectivity index (χ1n) is 12.3. The van der Waals surface area contributed by atoms with E-state index in [0.29, 0.717) is 10.8 Å². The number of hydrogen-bond donors (Lipinski definition) is 1. The average Bonchev–Trinajstić information content (AvgIpc) is 3.03. The number of rotatable bonds is 5. The summed E-state index contributed by atoms with van der Waals surface area (Å²) in [6.07, 6.45) is 14.2. The Morgan fingerprint density at radius 1 is 1.21 bits per heavy atom. The normalized spacial score (nSPS) is 44.9. The number of carbonyl (C=O) groups excluding carboxylic acids is 1. The van der Waals surface area contributed by atoms with Gasteiger partial charge >= 0.3 is 5.97 Å². The van der Waals surface area contributed by atoms with Crippen LogP contribution in [0, 0.1) is 40.4 Å². The van der Waals surface area contributed by atoms with E-state index in [9.17, 15) is 4.79 Å². The zero-order valence-corrected chi connectivity index (χ0v) is 19.4. The van der Waals surface area contributed by atoms with Crippen molar-refractivity contribution in [3.05, 3.63) is 11.6 Å². The smallest absolute Gasteiger partial charge is 0.302 e. The topological polar surface area (TPSA) is 38.3 Å². The lowest BCUT2D eigenvalue weighted by atomic mass is 9.47. The molecule has 4 aliphatic rings. The molecule has 0 aromatic heterocycles. The van der Waals surface area contributed by atoms with Crippen LogP contribution >= 0.6 is 0 Å². The molecule has 3 saturated carbocycles. The Bertz CT molecular complexity index is 657. The Kier molecular flexibility index (Phi) is 5.92. The summed E-state index contributed by atoms with van der Waals surface area (Å²) in [6, 6.07) is 0. The van der Waals surface area contributed by atoms with E-state index < -0.39 is 0 Å². The molecule has 3 heteroatoms. The van der Waals surface area contributed by atoms with Crippen LogP contribution in [0.4, 0.5) is 0 Å². The minimum atomic E-state index is -0.120. The SMILES string of the molecule is CNCC[C@@H](C)[C@H]1CC[C@H]2[C@@H]3CC=C4C[C@@H](OC(C)=O)CC[C@]4(C)[C@H]3CC[C@]12C. The van der Waals surface area contributed by atoms with Gasteiger partial charge in [-0.05, 0) is 105 Å². The van der Waals surface area contributed by atoms with Crippen molar-refractivity contribution in [1.29, 1.82) is 0 Å². The van der Waals surface area contributed by atoms with Gasteiger partial charge in [0, 0.05) is 13.3 Å². The predicted octanol–water partition coefficient (Wildman–Crippen LogP) is 5.74. The van der Waals surface area contributed by atoms with Gasteiger partial charge in [-0.1, -0.05) is 32.4 Å². The van der Waals surface area contributed by atoms with Crippen LogP contribution in [0.25, 0.3) is 0 Å². The molecule has 3 nitrogen and oxygen atoms in total. The lowest BCUT2D eigenvalue weighted by Gasteiger charge is -2.58. The third-order valence-corrected chi connectivity index (χ3v) is 10.0. The molecule has 0 amide bonds. The Balaban J connectivity index is 1.52. The summed E-state index contributed by atoms with van der Waals surface area (Å²) in [6.45, 7) is 10.4. The van der Waals surface area contributed by atoms with E-state index >= 15 is 0 Å². The molecule has 1 N–H and O–H groups in total. The van der Waals surface area contributed by atoms with Crippen molar-refractivity contribution in [2.45, 2.75) is 91.6 Å². The van der Waals surface area contributed by atoms with Crippen LogP contribution in [0.2, 0.25) is 0 Å². The molecule has 0 spiro atoms. The van der Waals surface area contributed by atoms with Gasteiger partial charge in [0.2, 0.25) is 0 Å². The van der Waals surface area contributed by atoms with Gasteiger partial charge in [0.15, 0.2) is 0 Å². The highest BCUT2D eigenvalue weighted by Crippen LogP contribution is 2.67. The van der Waals surface area contributed by atoms with Crippen molar-refractivity contribution in [3.8, 4) is 0 Å². The first-order chi connectivity index (χ1) is 13.8. The molecule has 29 heavy (non-hydrogen) atoms. The molecule has 0 aliphatic heterocycles. The van der Waals surface area contributed by atoms with Crippen molar-refractivity contribution in [2.24, 2.45) is 40.4 Å². The molecule has 0 bridgehead atoms. The number of ether oxygens (including phenoxy) is 1. The van der Waals surface area contributed by atoms with E-state index in [2.05, 4.69) is 39.2 Å². The summed E-state index contributed by atoms with van der Waals surface area (Å²) in [5.74, 6) is 4.23. The largest absolute Gasteiger partial charge is 0.462 e. The minimum Gasteiger partial charge on any atom is -0.462 e. The molecule has 0 heterocycles. The summed E-state index contributed by atoms with van der Waals surface area (Å²) in [5, 5.41) is 3.36. The summed E-state index contributed by atoms with van der Waals surface area (Å²) >= 11 is 0. The van der Waals surface area contributed by atoms with Crippen molar-refractivity contribution in [1.82, 2.24) is 5.32 Å². The van der Waals surface area contributed by atoms with Crippen LogP contribution in [0.3, 0.4) is 0 Å². The molecule has 0 radical (unpaired) electrons. The number of nitrogens with one attached hydrogen (secondary N) is 1. The molecule has 4 aliphatic carbocycles. The highest BCUT2D eigenvalue weighted by Gasteiger charge is 2.59. The van der Waals surface area contributed by atoms with Crippen LogP contribution in [0.5, 0.6) is 0 Å². The summed E-state index contributed by atoms with van der Waals surface area (Å²) in [7, 11) is 2.08. The molecule has 3 fully saturated rings. The summed E-state index contributed by atoms with van der Waals surface area (Å²) < 4.78 is 5.59. The maximum atomic E-state index is 11.4. The predicted molar refractivity (Wildman–Crippen MR) is 118 cm³/mol. The molecule has 4 rings (SSSR count). The van der Waals surface area contributed by atoms with Crippen LogP contribution in [0.15, 0.2) is 11.6 Å². The van der Waals surface area contributed by atoms with Crippen LogP contribution in [-0.2, 0) is 9.53 Å². The summed E-state index contributed by atoms with van der Waals surface area (Å²) in [5.41, 5.74) is 2.50. The maximum absolute atomic E-state index is 11.4. The maximum Gasteiger partial charge on any atom is 0.302 e. The number of carbonyl (C=O) groups is 1. The Labute approximate surface area is 178 Å². The van der Waals surface area contributed by atoms with E-state index in [1.165, 1.54) is 44.9 Å². The van der Waals surface area contributed by atoms with Crippen molar-refractivity contribution in [3.63, 3.8) is 0 Å². The second kappa shape index (κ2) is 8.02. The fraction of sp³-hybridized carbons (Fsp3) is 0.885. The van der Waals surface area contributed by atoms with Gasteiger partial charge in [-0.2, -0.15) is 0 Å². The van der Waals surface area contributed by atoms with E-state index in [0.717, 1.165) is 49.0 Å². The van der Waals surface area contributed by atoms with Gasteiger partial charge in [0.05, 0.1) is 0 Å². The van der Waals surface area contributed by atoms with Crippen LogP contribution in [-0.4, -0.2) is 25.7 Å². The molecular formula is C26H43NO2. The van der Waals surface area contributed by atoms with Crippen molar-refractivity contribution < 1.29 is 9.53 Å². The van der Waals surface area contributed by atoms with Crippen molar-refractivity contribution >= 4 is 5.97 Å². The fourth-order valence-electron chi connectivity index (χ4n) is 8.51. The second-order valence-electron chi connectivity index (χ2n) is 11.3. The fourth-order valence-corrected chi connectivity index (χ4v) is 8.51. The van der Waals surface area contributed by atoms with Crippen LogP contribution in [0.1, 0.15) is 85.5 Å². The monoisotopic (exact) mass is 401 g/mol. The lowest BCUT2D eigenvalue weighted by Crippen LogP contribution is -2.51. The first kappa shape index (κ1) is 21.4. The standard InChI is InChI=1S/C26H43NO2/c1-17(12-15-27-5)22-8-9-23-21-7-6-19-16-20(29-18(2)28)10-13-25(19,3)24(21)11-14-26(22,23)4/h6,17,20-24,27H,7-16H2,1-5H3/t17-,20+,21+,22-,23+,24+,25+,26-/m1/s1. The van der Waals surface area contributed by atoms with Gasteiger partial charge < -0.3 is 10.1 Å². The van der Waals surface area contributed by atoms with E-state index in [4.69, 9.17) is 4.74 Å². The zero-order valence-electron chi connectivity index (χ0n) is 19.4.